The van der Waals surface area contributed by atoms with E-state index < -0.39 is 5.97 Å². The van der Waals surface area contributed by atoms with Crippen LogP contribution in [0.3, 0.4) is 0 Å². The van der Waals surface area contributed by atoms with E-state index >= 15 is 0 Å². The molecule has 0 radical (unpaired) electrons. The minimum absolute atomic E-state index is 0.163. The van der Waals surface area contributed by atoms with Crippen molar-refractivity contribution in [2.75, 3.05) is 0 Å². The van der Waals surface area contributed by atoms with Gasteiger partial charge in [0.25, 0.3) is 0 Å². The summed E-state index contributed by atoms with van der Waals surface area (Å²) < 4.78 is 2.05. The van der Waals surface area contributed by atoms with Crippen molar-refractivity contribution in [1.82, 2.24) is 9.78 Å². The number of carboxylic acids is 1. The van der Waals surface area contributed by atoms with Crippen LogP contribution in [-0.4, -0.2) is 20.9 Å². The molecule has 0 aliphatic carbocycles. The largest absolute Gasteiger partial charge is 0.477 e. The minimum Gasteiger partial charge on any atom is -0.477 e. The third-order valence-electron chi connectivity index (χ3n) is 1.26. The maximum Gasteiger partial charge on any atom is 0.354 e. The van der Waals surface area contributed by atoms with Crippen molar-refractivity contribution in [3.05, 3.63) is 29.0 Å². The van der Waals surface area contributed by atoms with E-state index in [0.717, 1.165) is 0 Å². The monoisotopic (exact) mass is 230 g/mol. The number of aromatic carboxylic acids is 1. The summed E-state index contributed by atoms with van der Waals surface area (Å²) in [5.74, 6) is -0.985. The number of hydrogen-bond acceptors (Lipinski definition) is 2. The van der Waals surface area contributed by atoms with Gasteiger partial charge in [0.05, 0.1) is 6.54 Å². The van der Waals surface area contributed by atoms with Crippen molar-refractivity contribution < 1.29 is 9.90 Å². The van der Waals surface area contributed by atoms with E-state index in [1.54, 1.807) is 0 Å². The van der Waals surface area contributed by atoms with Crippen LogP contribution in [0.15, 0.2) is 23.3 Å². The van der Waals surface area contributed by atoms with Crippen molar-refractivity contribution in [2.24, 2.45) is 0 Å². The molecule has 1 heterocycles. The second kappa shape index (κ2) is 3.53. The maximum absolute atomic E-state index is 10.6. The number of halogens is 1. The van der Waals surface area contributed by atoms with Gasteiger partial charge >= 0.3 is 5.97 Å². The van der Waals surface area contributed by atoms with E-state index in [9.17, 15) is 4.79 Å². The Morgan fingerprint density at radius 3 is 3.00 bits per heavy atom. The normalized spacial score (nSPS) is 9.75. The molecular weight excluding hydrogens is 224 g/mol. The molecule has 0 saturated carbocycles. The summed E-state index contributed by atoms with van der Waals surface area (Å²) in [7, 11) is 0. The third-order valence-corrected chi connectivity index (χ3v) is 1.51. The van der Waals surface area contributed by atoms with Crippen LogP contribution in [-0.2, 0) is 6.54 Å². The van der Waals surface area contributed by atoms with Crippen LogP contribution in [0.4, 0.5) is 0 Å². The van der Waals surface area contributed by atoms with Gasteiger partial charge in [0.15, 0.2) is 0 Å². The average Bonchev–Trinajstić information content (AvgIpc) is 2.33. The van der Waals surface area contributed by atoms with Gasteiger partial charge in [-0.3, -0.25) is 4.68 Å². The Morgan fingerprint density at radius 1 is 1.83 bits per heavy atom. The number of aromatic nitrogens is 2. The number of carbonyl (C=O) groups is 1. The zero-order valence-electron chi connectivity index (χ0n) is 6.20. The standard InChI is InChI=1S/C7H7BrN2O2/c1-5(8)4-10-6(7(11)12)2-3-9-10/h2-3H,1,4H2,(H,11,12). The van der Waals surface area contributed by atoms with E-state index in [2.05, 4.69) is 27.6 Å². The summed E-state index contributed by atoms with van der Waals surface area (Å²) in [6.45, 7) is 3.96. The molecule has 0 fully saturated rings. The van der Waals surface area contributed by atoms with Crippen molar-refractivity contribution >= 4 is 21.9 Å². The fourth-order valence-corrected chi connectivity index (χ4v) is 1.04. The van der Waals surface area contributed by atoms with Gasteiger partial charge in [0.2, 0.25) is 0 Å². The summed E-state index contributed by atoms with van der Waals surface area (Å²) in [5, 5.41) is 12.5. The second-order valence-corrected chi connectivity index (χ2v) is 3.32. The lowest BCUT2D eigenvalue weighted by Crippen LogP contribution is -2.09. The van der Waals surface area contributed by atoms with E-state index in [4.69, 9.17) is 5.11 Å². The first-order valence-electron chi connectivity index (χ1n) is 3.19. The van der Waals surface area contributed by atoms with Crippen molar-refractivity contribution in [2.45, 2.75) is 6.54 Å². The Balaban J connectivity index is 2.91. The smallest absolute Gasteiger partial charge is 0.354 e. The first-order chi connectivity index (χ1) is 5.61. The van der Waals surface area contributed by atoms with Gasteiger partial charge in [-0.15, -0.1) is 0 Å². The molecule has 1 rings (SSSR count). The number of hydrogen-bond donors (Lipinski definition) is 1. The number of allylic oxidation sites excluding steroid dienone is 1. The number of nitrogens with zero attached hydrogens (tertiary/aromatic N) is 2. The Kier molecular flexibility index (Phi) is 2.65. The molecule has 12 heavy (non-hydrogen) atoms. The van der Waals surface area contributed by atoms with Crippen molar-refractivity contribution in [3.8, 4) is 0 Å². The van der Waals surface area contributed by atoms with Crippen LogP contribution in [0.5, 0.6) is 0 Å². The highest BCUT2D eigenvalue weighted by Crippen LogP contribution is 2.07. The number of rotatable bonds is 3. The van der Waals surface area contributed by atoms with Gasteiger partial charge in [-0.2, -0.15) is 5.10 Å². The van der Waals surface area contributed by atoms with E-state index in [-0.39, 0.29) is 5.69 Å². The van der Waals surface area contributed by atoms with Gasteiger partial charge in [-0.1, -0.05) is 22.5 Å². The van der Waals surface area contributed by atoms with Gasteiger partial charge in [-0.25, -0.2) is 4.79 Å². The quantitative estimate of drug-likeness (QED) is 0.857. The zero-order valence-corrected chi connectivity index (χ0v) is 7.78. The lowest BCUT2D eigenvalue weighted by Gasteiger charge is -2.01. The maximum atomic E-state index is 10.6. The average molecular weight is 231 g/mol. The molecule has 0 unspecified atom stereocenters. The van der Waals surface area contributed by atoms with Crippen LogP contribution in [0.25, 0.3) is 0 Å². The van der Waals surface area contributed by atoms with Gasteiger partial charge < -0.3 is 5.11 Å². The van der Waals surface area contributed by atoms with E-state index in [1.807, 2.05) is 0 Å². The first-order valence-corrected chi connectivity index (χ1v) is 3.99. The molecule has 1 aromatic heterocycles. The highest BCUT2D eigenvalue weighted by atomic mass is 79.9. The zero-order chi connectivity index (χ0) is 9.14. The van der Waals surface area contributed by atoms with Crippen LogP contribution >= 0.6 is 15.9 Å². The van der Waals surface area contributed by atoms with E-state index in [1.165, 1.54) is 16.9 Å². The van der Waals surface area contributed by atoms with Gasteiger partial charge in [0.1, 0.15) is 5.69 Å². The lowest BCUT2D eigenvalue weighted by atomic mass is 10.4. The highest BCUT2D eigenvalue weighted by molar-refractivity contribution is 9.11. The predicted octanol–water partition coefficient (Wildman–Crippen LogP) is 1.49. The summed E-state index contributed by atoms with van der Waals surface area (Å²) >= 11 is 3.13. The molecule has 0 atom stereocenters. The Labute approximate surface area is 77.6 Å². The molecule has 0 spiro atoms. The summed E-state index contributed by atoms with van der Waals surface area (Å²) in [5.41, 5.74) is 0.163. The molecule has 64 valence electrons. The minimum atomic E-state index is -0.985. The Morgan fingerprint density at radius 2 is 2.50 bits per heavy atom. The van der Waals surface area contributed by atoms with E-state index in [0.29, 0.717) is 11.0 Å². The van der Waals surface area contributed by atoms with Crippen LogP contribution in [0, 0.1) is 0 Å². The highest BCUT2D eigenvalue weighted by Gasteiger charge is 2.09. The molecule has 0 aliphatic heterocycles. The second-order valence-electron chi connectivity index (χ2n) is 2.20. The van der Waals surface area contributed by atoms with Gasteiger partial charge in [-0.05, 0) is 6.07 Å². The molecule has 0 amide bonds. The predicted molar refractivity (Wildman–Crippen MR) is 47.3 cm³/mol. The lowest BCUT2D eigenvalue weighted by molar-refractivity contribution is 0.0684. The first kappa shape index (κ1) is 8.99. The Bertz CT molecular complexity index is 319. The molecule has 0 bridgehead atoms. The molecule has 1 aromatic rings. The summed E-state index contributed by atoms with van der Waals surface area (Å²) in [4.78, 5) is 10.6. The van der Waals surface area contributed by atoms with Crippen molar-refractivity contribution in [3.63, 3.8) is 0 Å². The SMILES string of the molecule is C=C(Br)Cn1nccc1C(=O)O. The molecule has 0 aromatic carbocycles. The fourth-order valence-electron chi connectivity index (χ4n) is 0.803. The van der Waals surface area contributed by atoms with Crippen molar-refractivity contribution in [1.29, 1.82) is 0 Å². The third kappa shape index (κ3) is 1.94. The fraction of sp³-hybridized carbons (Fsp3) is 0.143. The van der Waals surface area contributed by atoms with Gasteiger partial charge in [0, 0.05) is 10.7 Å². The summed E-state index contributed by atoms with van der Waals surface area (Å²) in [6, 6.07) is 1.44. The topological polar surface area (TPSA) is 55.1 Å². The molecule has 1 N–H and O–H groups in total. The van der Waals surface area contributed by atoms with Crippen LogP contribution in [0.1, 0.15) is 10.5 Å². The molecular formula is C7H7BrN2O2. The molecule has 5 heteroatoms. The summed E-state index contributed by atoms with van der Waals surface area (Å²) in [6.07, 6.45) is 1.44. The molecule has 0 saturated heterocycles. The van der Waals surface area contributed by atoms with Crippen LogP contribution in [0.2, 0.25) is 0 Å². The van der Waals surface area contributed by atoms with Crippen LogP contribution < -0.4 is 0 Å². The Hall–Kier alpha value is -1.10. The molecule has 4 nitrogen and oxygen atoms in total. The number of carboxylic acid groups (broad SMARTS) is 1. The molecule has 0 aliphatic rings.